The fourth-order valence-electron chi connectivity index (χ4n) is 2.79. The molecule has 1 aromatic carbocycles. The average Bonchev–Trinajstić information content (AvgIpc) is 2.33. The van der Waals surface area contributed by atoms with E-state index in [0.29, 0.717) is 0 Å². The summed E-state index contributed by atoms with van der Waals surface area (Å²) in [7, 11) is 0. The van der Waals surface area contributed by atoms with Crippen LogP contribution >= 0.6 is 0 Å². The monoisotopic (exact) mass is 291 g/mol. The molecule has 0 saturated carbocycles. The van der Waals surface area contributed by atoms with Gasteiger partial charge >= 0.3 is 0 Å². The fourth-order valence-corrected chi connectivity index (χ4v) is 2.79. The van der Waals surface area contributed by atoms with Gasteiger partial charge in [0.15, 0.2) is 6.61 Å². The van der Waals surface area contributed by atoms with E-state index in [2.05, 4.69) is 39.1 Å². The molecule has 0 fully saturated rings. The number of ether oxygens (including phenoxy) is 1. The minimum Gasteiger partial charge on any atom is -0.484 e. The topological polar surface area (TPSA) is 38.3 Å². The van der Waals surface area contributed by atoms with Gasteiger partial charge in [-0.15, -0.1) is 0 Å². The van der Waals surface area contributed by atoms with Crippen molar-refractivity contribution in [2.75, 3.05) is 6.61 Å². The standard InChI is InChI=1S/C18H29NO2/c1-7-14-9-8-10-15(11-14)21-12-16(20)19-18(5,6)13-17(2,3)4/h8-11H,7,12-13H2,1-6H3,(H,19,20). The fraction of sp³-hybridized carbons (Fsp3) is 0.611. The zero-order valence-corrected chi connectivity index (χ0v) is 14.2. The van der Waals surface area contributed by atoms with E-state index < -0.39 is 0 Å². The van der Waals surface area contributed by atoms with E-state index in [-0.39, 0.29) is 23.5 Å². The summed E-state index contributed by atoms with van der Waals surface area (Å²) in [6.07, 6.45) is 1.87. The molecule has 0 aliphatic carbocycles. The molecule has 1 amide bonds. The smallest absolute Gasteiger partial charge is 0.258 e. The van der Waals surface area contributed by atoms with Gasteiger partial charge in [-0.25, -0.2) is 0 Å². The molecular weight excluding hydrogens is 262 g/mol. The van der Waals surface area contributed by atoms with Gasteiger partial charge in [0, 0.05) is 5.54 Å². The lowest BCUT2D eigenvalue weighted by Gasteiger charge is -2.33. The van der Waals surface area contributed by atoms with Crippen molar-refractivity contribution in [1.82, 2.24) is 5.32 Å². The van der Waals surface area contributed by atoms with Gasteiger partial charge in [-0.1, -0.05) is 39.8 Å². The van der Waals surface area contributed by atoms with Crippen LogP contribution in [0.2, 0.25) is 0 Å². The second-order valence-corrected chi connectivity index (χ2v) is 7.46. The van der Waals surface area contributed by atoms with Crippen LogP contribution in [0, 0.1) is 5.41 Å². The van der Waals surface area contributed by atoms with Crippen molar-refractivity contribution >= 4 is 5.91 Å². The van der Waals surface area contributed by atoms with Crippen LogP contribution in [0.4, 0.5) is 0 Å². The average molecular weight is 291 g/mol. The Labute approximate surface area is 129 Å². The number of hydrogen-bond acceptors (Lipinski definition) is 2. The number of rotatable bonds is 6. The van der Waals surface area contributed by atoms with Crippen LogP contribution < -0.4 is 10.1 Å². The Kier molecular flexibility index (Phi) is 5.82. The van der Waals surface area contributed by atoms with Gasteiger partial charge in [-0.05, 0) is 49.8 Å². The maximum atomic E-state index is 12.0. The summed E-state index contributed by atoms with van der Waals surface area (Å²) < 4.78 is 5.57. The number of benzene rings is 1. The highest BCUT2D eigenvalue weighted by molar-refractivity contribution is 5.78. The molecule has 0 unspecified atom stereocenters. The first-order valence-corrected chi connectivity index (χ1v) is 7.64. The van der Waals surface area contributed by atoms with Crippen molar-refractivity contribution in [1.29, 1.82) is 0 Å². The Bertz CT molecular complexity index is 472. The van der Waals surface area contributed by atoms with Gasteiger partial charge in [-0.2, -0.15) is 0 Å². The summed E-state index contributed by atoms with van der Waals surface area (Å²) in [6.45, 7) is 12.8. The Hall–Kier alpha value is -1.51. The molecule has 0 radical (unpaired) electrons. The maximum absolute atomic E-state index is 12.0. The van der Waals surface area contributed by atoms with E-state index in [1.165, 1.54) is 5.56 Å². The van der Waals surface area contributed by atoms with E-state index in [4.69, 9.17) is 4.74 Å². The molecule has 1 aromatic rings. The molecule has 0 atom stereocenters. The molecule has 1 N–H and O–H groups in total. The molecule has 3 heteroatoms. The number of hydrogen-bond donors (Lipinski definition) is 1. The third-order valence-corrected chi connectivity index (χ3v) is 3.13. The third kappa shape index (κ3) is 7.16. The summed E-state index contributed by atoms with van der Waals surface area (Å²) in [5.74, 6) is 0.671. The van der Waals surface area contributed by atoms with Gasteiger partial charge in [0.25, 0.3) is 5.91 Å². The van der Waals surface area contributed by atoms with E-state index in [1.807, 2.05) is 32.0 Å². The molecular formula is C18H29NO2. The van der Waals surface area contributed by atoms with Gasteiger partial charge in [-0.3, -0.25) is 4.79 Å². The number of aryl methyl sites for hydroxylation is 1. The maximum Gasteiger partial charge on any atom is 0.258 e. The first-order chi connectivity index (χ1) is 9.61. The van der Waals surface area contributed by atoms with Gasteiger partial charge in [0.1, 0.15) is 5.75 Å². The molecule has 0 saturated heterocycles. The molecule has 0 heterocycles. The van der Waals surface area contributed by atoms with Crippen molar-refractivity contribution in [2.24, 2.45) is 5.41 Å². The summed E-state index contributed by atoms with van der Waals surface area (Å²) in [5.41, 5.74) is 1.15. The van der Waals surface area contributed by atoms with Gasteiger partial charge < -0.3 is 10.1 Å². The lowest BCUT2D eigenvalue weighted by Crippen LogP contribution is -2.47. The van der Waals surface area contributed by atoms with E-state index >= 15 is 0 Å². The molecule has 0 spiro atoms. The lowest BCUT2D eigenvalue weighted by molar-refractivity contribution is -0.125. The molecule has 21 heavy (non-hydrogen) atoms. The summed E-state index contributed by atoms with van der Waals surface area (Å²) >= 11 is 0. The Morgan fingerprint density at radius 1 is 1.19 bits per heavy atom. The van der Waals surface area contributed by atoms with E-state index in [1.54, 1.807) is 0 Å². The van der Waals surface area contributed by atoms with Crippen molar-refractivity contribution < 1.29 is 9.53 Å². The SMILES string of the molecule is CCc1cccc(OCC(=O)NC(C)(C)CC(C)(C)C)c1. The van der Waals surface area contributed by atoms with Gasteiger partial charge in [0.05, 0.1) is 0 Å². The molecule has 1 rings (SSSR count). The normalized spacial score (nSPS) is 12.1. The number of nitrogens with one attached hydrogen (secondary N) is 1. The zero-order valence-electron chi connectivity index (χ0n) is 14.2. The van der Waals surface area contributed by atoms with Crippen LogP contribution in [0.5, 0.6) is 5.75 Å². The molecule has 118 valence electrons. The Balaban J connectivity index is 2.50. The lowest BCUT2D eigenvalue weighted by atomic mass is 9.82. The zero-order chi connectivity index (χ0) is 16.1. The Morgan fingerprint density at radius 3 is 2.43 bits per heavy atom. The van der Waals surface area contributed by atoms with E-state index in [9.17, 15) is 4.79 Å². The van der Waals surface area contributed by atoms with Crippen molar-refractivity contribution in [3.05, 3.63) is 29.8 Å². The van der Waals surface area contributed by atoms with Crippen LogP contribution in [0.3, 0.4) is 0 Å². The largest absolute Gasteiger partial charge is 0.484 e. The van der Waals surface area contributed by atoms with Crippen molar-refractivity contribution in [2.45, 2.75) is 59.9 Å². The number of carbonyl (C=O) groups is 1. The van der Waals surface area contributed by atoms with Crippen LogP contribution in [0.25, 0.3) is 0 Å². The summed E-state index contributed by atoms with van der Waals surface area (Å²) in [5, 5.41) is 3.05. The van der Waals surface area contributed by atoms with Crippen molar-refractivity contribution in [3.8, 4) is 5.75 Å². The highest BCUT2D eigenvalue weighted by Crippen LogP contribution is 2.26. The molecule has 3 nitrogen and oxygen atoms in total. The van der Waals surface area contributed by atoms with E-state index in [0.717, 1.165) is 18.6 Å². The number of amides is 1. The third-order valence-electron chi connectivity index (χ3n) is 3.13. The highest BCUT2D eigenvalue weighted by Gasteiger charge is 2.26. The van der Waals surface area contributed by atoms with Crippen LogP contribution in [0.15, 0.2) is 24.3 Å². The molecule has 0 aliphatic heterocycles. The number of carbonyl (C=O) groups excluding carboxylic acids is 1. The second-order valence-electron chi connectivity index (χ2n) is 7.46. The first-order valence-electron chi connectivity index (χ1n) is 7.64. The van der Waals surface area contributed by atoms with Crippen LogP contribution in [0.1, 0.15) is 53.5 Å². The quantitative estimate of drug-likeness (QED) is 0.861. The Morgan fingerprint density at radius 2 is 1.86 bits per heavy atom. The summed E-state index contributed by atoms with van der Waals surface area (Å²) in [6, 6.07) is 7.87. The highest BCUT2D eigenvalue weighted by atomic mass is 16.5. The molecule has 0 bridgehead atoms. The van der Waals surface area contributed by atoms with Crippen LogP contribution in [-0.4, -0.2) is 18.1 Å². The molecule has 0 aromatic heterocycles. The predicted octanol–water partition coefficient (Wildman–Crippen LogP) is 3.96. The van der Waals surface area contributed by atoms with Crippen molar-refractivity contribution in [3.63, 3.8) is 0 Å². The summed E-state index contributed by atoms with van der Waals surface area (Å²) in [4.78, 5) is 12.0. The predicted molar refractivity (Wildman–Crippen MR) is 87.6 cm³/mol. The van der Waals surface area contributed by atoms with Gasteiger partial charge in [0.2, 0.25) is 0 Å². The minimum atomic E-state index is -0.232. The second kappa shape index (κ2) is 6.97. The van der Waals surface area contributed by atoms with Crippen LogP contribution in [-0.2, 0) is 11.2 Å². The minimum absolute atomic E-state index is 0.0563. The first kappa shape index (κ1) is 17.5. The molecule has 0 aliphatic rings.